The van der Waals surface area contributed by atoms with Crippen LogP contribution in [0, 0.1) is 6.92 Å². The lowest BCUT2D eigenvalue weighted by Crippen LogP contribution is -1.91. The fourth-order valence-corrected chi connectivity index (χ4v) is 2.65. The molecule has 0 N–H and O–H groups in total. The Morgan fingerprint density at radius 1 is 0.826 bits per heavy atom. The molecule has 0 fully saturated rings. The zero-order valence-electron chi connectivity index (χ0n) is 12.8. The van der Waals surface area contributed by atoms with Crippen LogP contribution in [0.5, 0.6) is 0 Å². The first-order valence-electron chi connectivity index (χ1n) is 7.55. The van der Waals surface area contributed by atoms with Gasteiger partial charge in [0.25, 0.3) is 0 Å². The standard InChI is InChI=1S/C20H15N3/c1-14-5-2-3-7-18(14)22-13-17-11-10-16-9-8-15-6-4-12-21-19(15)20(16)23-17/h2-13H,1H3. The number of aromatic nitrogens is 2. The largest absolute Gasteiger partial charge is 0.254 e. The number of rotatable bonds is 2. The molecule has 2 aromatic carbocycles. The number of fused-ring (bicyclic) bond motifs is 3. The van der Waals surface area contributed by atoms with Crippen LogP contribution in [-0.2, 0) is 0 Å². The molecule has 3 nitrogen and oxygen atoms in total. The Morgan fingerprint density at radius 3 is 2.48 bits per heavy atom. The van der Waals surface area contributed by atoms with E-state index in [1.165, 1.54) is 0 Å². The lowest BCUT2D eigenvalue weighted by molar-refractivity contribution is 1.34. The van der Waals surface area contributed by atoms with Crippen molar-refractivity contribution in [1.82, 2.24) is 9.97 Å². The van der Waals surface area contributed by atoms with Crippen LogP contribution in [0.3, 0.4) is 0 Å². The molecule has 0 unspecified atom stereocenters. The minimum absolute atomic E-state index is 0.832. The van der Waals surface area contributed by atoms with E-state index in [1.54, 1.807) is 6.20 Å². The van der Waals surface area contributed by atoms with Gasteiger partial charge in [-0.3, -0.25) is 9.98 Å². The van der Waals surface area contributed by atoms with Gasteiger partial charge in [-0.25, -0.2) is 4.98 Å². The van der Waals surface area contributed by atoms with E-state index in [9.17, 15) is 0 Å². The van der Waals surface area contributed by atoms with Gasteiger partial charge in [0.2, 0.25) is 0 Å². The summed E-state index contributed by atoms with van der Waals surface area (Å²) in [6.45, 7) is 2.05. The van der Waals surface area contributed by atoms with Gasteiger partial charge in [-0.2, -0.15) is 0 Å². The molecule has 4 rings (SSSR count). The average molecular weight is 297 g/mol. The van der Waals surface area contributed by atoms with Gasteiger partial charge in [-0.15, -0.1) is 0 Å². The van der Waals surface area contributed by atoms with E-state index in [-0.39, 0.29) is 0 Å². The minimum Gasteiger partial charge on any atom is -0.254 e. The summed E-state index contributed by atoms with van der Waals surface area (Å²) in [4.78, 5) is 13.8. The van der Waals surface area contributed by atoms with E-state index < -0.39 is 0 Å². The van der Waals surface area contributed by atoms with Crippen molar-refractivity contribution in [1.29, 1.82) is 0 Å². The summed E-state index contributed by atoms with van der Waals surface area (Å²) in [7, 11) is 0. The second-order valence-electron chi connectivity index (χ2n) is 5.49. The third kappa shape index (κ3) is 2.57. The molecule has 0 amide bonds. The second kappa shape index (κ2) is 5.61. The minimum atomic E-state index is 0.832. The Kier molecular flexibility index (Phi) is 3.31. The molecule has 0 aliphatic rings. The summed E-state index contributed by atoms with van der Waals surface area (Å²) in [5, 5.41) is 2.18. The van der Waals surface area contributed by atoms with E-state index in [4.69, 9.17) is 4.98 Å². The van der Waals surface area contributed by atoms with Gasteiger partial charge in [0.15, 0.2) is 0 Å². The quantitative estimate of drug-likeness (QED) is 0.392. The number of para-hydroxylation sites is 1. The Labute approximate surface area is 134 Å². The highest BCUT2D eigenvalue weighted by Crippen LogP contribution is 2.22. The molecule has 0 atom stereocenters. The maximum Gasteiger partial charge on any atom is 0.0972 e. The monoisotopic (exact) mass is 297 g/mol. The molecule has 3 heteroatoms. The molecule has 110 valence electrons. The highest BCUT2D eigenvalue weighted by molar-refractivity contribution is 6.03. The van der Waals surface area contributed by atoms with Crippen molar-refractivity contribution < 1.29 is 0 Å². The van der Waals surface area contributed by atoms with Crippen LogP contribution in [-0.4, -0.2) is 16.2 Å². The highest BCUT2D eigenvalue weighted by Gasteiger charge is 2.03. The third-order valence-corrected chi connectivity index (χ3v) is 3.91. The highest BCUT2D eigenvalue weighted by atomic mass is 14.8. The number of pyridine rings is 2. The smallest absolute Gasteiger partial charge is 0.0972 e. The van der Waals surface area contributed by atoms with Gasteiger partial charge < -0.3 is 0 Å². The van der Waals surface area contributed by atoms with Crippen molar-refractivity contribution in [2.45, 2.75) is 6.92 Å². The summed E-state index contributed by atoms with van der Waals surface area (Å²) >= 11 is 0. The molecule has 23 heavy (non-hydrogen) atoms. The first kappa shape index (κ1) is 13.6. The lowest BCUT2D eigenvalue weighted by Gasteiger charge is -2.03. The predicted octanol–water partition coefficient (Wildman–Crippen LogP) is 4.84. The van der Waals surface area contributed by atoms with E-state index >= 15 is 0 Å². The van der Waals surface area contributed by atoms with Crippen LogP contribution < -0.4 is 0 Å². The Morgan fingerprint density at radius 2 is 1.61 bits per heavy atom. The summed E-state index contributed by atoms with van der Waals surface area (Å²) < 4.78 is 0. The molecule has 2 aromatic heterocycles. The number of hydrogen-bond donors (Lipinski definition) is 0. The SMILES string of the molecule is Cc1ccccc1N=Cc1ccc2ccc3cccnc3c2n1. The Balaban J connectivity index is 1.82. The van der Waals surface area contributed by atoms with Crippen molar-refractivity contribution in [3.8, 4) is 0 Å². The Bertz CT molecular complexity index is 1040. The van der Waals surface area contributed by atoms with Gasteiger partial charge in [-0.05, 0) is 30.7 Å². The summed E-state index contributed by atoms with van der Waals surface area (Å²) in [6.07, 6.45) is 3.61. The fourth-order valence-electron chi connectivity index (χ4n) is 2.65. The van der Waals surface area contributed by atoms with Crippen LogP contribution in [0.1, 0.15) is 11.3 Å². The van der Waals surface area contributed by atoms with Crippen LogP contribution >= 0.6 is 0 Å². The summed E-state index contributed by atoms with van der Waals surface area (Å²) in [6, 6.07) is 20.3. The van der Waals surface area contributed by atoms with Crippen LogP contribution in [0.4, 0.5) is 5.69 Å². The van der Waals surface area contributed by atoms with Crippen LogP contribution in [0.2, 0.25) is 0 Å². The van der Waals surface area contributed by atoms with Crippen molar-refractivity contribution in [2.24, 2.45) is 4.99 Å². The normalized spacial score (nSPS) is 11.5. The van der Waals surface area contributed by atoms with Crippen molar-refractivity contribution in [3.05, 3.63) is 78.1 Å². The molecular weight excluding hydrogens is 282 g/mol. The van der Waals surface area contributed by atoms with Crippen molar-refractivity contribution >= 4 is 33.7 Å². The summed E-state index contributed by atoms with van der Waals surface area (Å²) in [5.74, 6) is 0. The summed E-state index contributed by atoms with van der Waals surface area (Å²) in [5.41, 5.74) is 4.79. The van der Waals surface area contributed by atoms with Crippen molar-refractivity contribution in [2.75, 3.05) is 0 Å². The number of hydrogen-bond acceptors (Lipinski definition) is 3. The maximum atomic E-state index is 4.74. The Hall–Kier alpha value is -3.07. The third-order valence-electron chi connectivity index (χ3n) is 3.91. The topological polar surface area (TPSA) is 38.1 Å². The second-order valence-corrected chi connectivity index (χ2v) is 5.49. The molecule has 0 aliphatic carbocycles. The van der Waals surface area contributed by atoms with Crippen LogP contribution in [0.25, 0.3) is 21.8 Å². The van der Waals surface area contributed by atoms with Crippen molar-refractivity contribution in [3.63, 3.8) is 0 Å². The molecule has 2 heterocycles. The zero-order chi connectivity index (χ0) is 15.6. The van der Waals surface area contributed by atoms with Crippen LogP contribution in [0.15, 0.2) is 71.9 Å². The van der Waals surface area contributed by atoms with Gasteiger partial charge in [0.05, 0.1) is 28.6 Å². The number of nitrogens with zero attached hydrogens (tertiary/aromatic N) is 3. The molecular formula is C20H15N3. The molecule has 0 saturated heterocycles. The van der Waals surface area contributed by atoms with E-state index in [2.05, 4.69) is 47.2 Å². The maximum absolute atomic E-state index is 4.74. The number of benzene rings is 2. The number of aliphatic imine (C=N–C) groups is 1. The molecule has 0 aliphatic heterocycles. The molecule has 4 aromatic rings. The molecule has 0 radical (unpaired) electrons. The predicted molar refractivity (Wildman–Crippen MR) is 95.5 cm³/mol. The average Bonchev–Trinajstić information content (AvgIpc) is 2.61. The van der Waals surface area contributed by atoms with E-state index in [0.717, 1.165) is 38.8 Å². The van der Waals surface area contributed by atoms with E-state index in [0.29, 0.717) is 0 Å². The van der Waals surface area contributed by atoms with E-state index in [1.807, 2.05) is 36.5 Å². The lowest BCUT2D eigenvalue weighted by atomic mass is 10.1. The van der Waals surface area contributed by atoms with Gasteiger partial charge >= 0.3 is 0 Å². The zero-order valence-corrected chi connectivity index (χ0v) is 12.8. The first-order valence-corrected chi connectivity index (χ1v) is 7.55. The van der Waals surface area contributed by atoms with Gasteiger partial charge in [0, 0.05) is 17.0 Å². The molecule has 0 saturated carbocycles. The molecule has 0 bridgehead atoms. The first-order chi connectivity index (χ1) is 11.3. The van der Waals surface area contributed by atoms with Gasteiger partial charge in [0.1, 0.15) is 0 Å². The molecule has 0 spiro atoms. The number of aryl methyl sites for hydroxylation is 1. The van der Waals surface area contributed by atoms with Gasteiger partial charge in [-0.1, -0.05) is 42.5 Å². The fraction of sp³-hybridized carbons (Fsp3) is 0.0500.